The van der Waals surface area contributed by atoms with Crippen molar-refractivity contribution >= 4 is 23.4 Å². The van der Waals surface area contributed by atoms with Crippen molar-refractivity contribution in [2.45, 2.75) is 33.6 Å². The van der Waals surface area contributed by atoms with E-state index >= 15 is 0 Å². The molecule has 0 bridgehead atoms. The van der Waals surface area contributed by atoms with Crippen molar-refractivity contribution in [1.29, 1.82) is 0 Å². The molecule has 3 heterocycles. The maximum atomic E-state index is 12.0. The van der Waals surface area contributed by atoms with Crippen molar-refractivity contribution in [2.24, 2.45) is 0 Å². The summed E-state index contributed by atoms with van der Waals surface area (Å²) in [6.07, 6.45) is 3.30. The van der Waals surface area contributed by atoms with E-state index in [1.165, 1.54) is 0 Å². The Hall–Kier alpha value is -2.70. The molecule has 0 aromatic carbocycles. The number of hydrogen-bond donors (Lipinski definition) is 1. The molecule has 1 aliphatic heterocycles. The molecule has 2 aromatic rings. The normalized spacial score (nSPS) is 14.4. The molecule has 1 saturated heterocycles. The lowest BCUT2D eigenvalue weighted by atomic mass is 10.2. The van der Waals surface area contributed by atoms with Crippen molar-refractivity contribution in [3.8, 4) is 0 Å². The molecule has 2 aromatic heterocycles. The third-order valence-electron chi connectivity index (χ3n) is 4.42. The van der Waals surface area contributed by atoms with E-state index in [-0.39, 0.29) is 5.91 Å². The van der Waals surface area contributed by atoms with Gasteiger partial charge in [0.1, 0.15) is 23.3 Å². The summed E-state index contributed by atoms with van der Waals surface area (Å²) < 4.78 is 0. The van der Waals surface area contributed by atoms with Gasteiger partial charge in [0.25, 0.3) is 0 Å². The van der Waals surface area contributed by atoms with E-state index in [1.54, 1.807) is 6.20 Å². The average Bonchev–Trinajstić information content (AvgIpc) is 2.61. The molecule has 1 fully saturated rings. The number of pyridine rings is 1. The number of anilines is 3. The number of nitrogens with zero attached hydrogens (tertiary/aromatic N) is 5. The Labute approximate surface area is 154 Å². The quantitative estimate of drug-likeness (QED) is 0.890. The lowest BCUT2D eigenvalue weighted by Crippen LogP contribution is -2.49. The highest BCUT2D eigenvalue weighted by Gasteiger charge is 2.21. The molecule has 0 spiro atoms. The Kier molecular flexibility index (Phi) is 5.65. The maximum absolute atomic E-state index is 12.0. The third kappa shape index (κ3) is 4.47. The van der Waals surface area contributed by atoms with Gasteiger partial charge in [-0.25, -0.2) is 15.0 Å². The zero-order valence-electron chi connectivity index (χ0n) is 15.7. The molecule has 1 N–H and O–H groups in total. The zero-order chi connectivity index (χ0) is 18.5. The SMILES string of the molecule is CCCC(=O)N1CCN(c2cc(Nc3cc(C)ccn3)nc(C)n2)CC1. The topological polar surface area (TPSA) is 74.2 Å². The van der Waals surface area contributed by atoms with Crippen LogP contribution in [-0.4, -0.2) is 51.9 Å². The Morgan fingerprint density at radius 1 is 1.12 bits per heavy atom. The first kappa shape index (κ1) is 18.1. The first-order valence-corrected chi connectivity index (χ1v) is 9.13. The highest BCUT2D eigenvalue weighted by molar-refractivity contribution is 5.76. The molecule has 0 aliphatic carbocycles. The number of carbonyl (C=O) groups is 1. The summed E-state index contributed by atoms with van der Waals surface area (Å²) in [5.41, 5.74) is 1.14. The number of hydrogen-bond acceptors (Lipinski definition) is 6. The molecule has 138 valence electrons. The lowest BCUT2D eigenvalue weighted by molar-refractivity contribution is -0.131. The van der Waals surface area contributed by atoms with E-state index in [0.717, 1.165) is 55.6 Å². The molecule has 26 heavy (non-hydrogen) atoms. The molecule has 1 aliphatic rings. The standard InChI is InChI=1S/C19H26N6O/c1-4-5-19(26)25-10-8-24(9-11-25)18-13-17(21-15(3)22-18)23-16-12-14(2)6-7-20-16/h6-7,12-13H,4-5,8-11H2,1-3H3,(H,20,21,22,23). The molecule has 7 heteroatoms. The molecule has 0 unspecified atom stereocenters. The fraction of sp³-hybridized carbons (Fsp3) is 0.474. The monoisotopic (exact) mass is 354 g/mol. The van der Waals surface area contributed by atoms with Crippen LogP contribution in [0.15, 0.2) is 24.4 Å². The van der Waals surface area contributed by atoms with Gasteiger partial charge in [0, 0.05) is 44.9 Å². The van der Waals surface area contributed by atoms with Gasteiger partial charge >= 0.3 is 0 Å². The van der Waals surface area contributed by atoms with Crippen molar-refractivity contribution in [1.82, 2.24) is 19.9 Å². The third-order valence-corrected chi connectivity index (χ3v) is 4.42. The van der Waals surface area contributed by atoms with Gasteiger partial charge in [0.15, 0.2) is 0 Å². The number of piperazine rings is 1. The largest absolute Gasteiger partial charge is 0.353 e. The van der Waals surface area contributed by atoms with Crippen LogP contribution >= 0.6 is 0 Å². The molecule has 1 amide bonds. The van der Waals surface area contributed by atoms with E-state index < -0.39 is 0 Å². The molecule has 0 radical (unpaired) electrons. The summed E-state index contributed by atoms with van der Waals surface area (Å²) >= 11 is 0. The zero-order valence-corrected chi connectivity index (χ0v) is 15.7. The summed E-state index contributed by atoms with van der Waals surface area (Å²) in [4.78, 5) is 29.6. The molecule has 0 saturated carbocycles. The minimum Gasteiger partial charge on any atom is -0.353 e. The van der Waals surface area contributed by atoms with E-state index in [0.29, 0.717) is 12.2 Å². The van der Waals surface area contributed by atoms with E-state index in [4.69, 9.17) is 0 Å². The van der Waals surface area contributed by atoms with Gasteiger partial charge in [-0.3, -0.25) is 4.79 Å². The lowest BCUT2D eigenvalue weighted by Gasteiger charge is -2.35. The van der Waals surface area contributed by atoms with Crippen molar-refractivity contribution < 1.29 is 4.79 Å². The average molecular weight is 354 g/mol. The Morgan fingerprint density at radius 2 is 1.88 bits per heavy atom. The second-order valence-electron chi connectivity index (χ2n) is 6.62. The predicted octanol–water partition coefficient (Wildman–Crippen LogP) is 2.68. The molecular weight excluding hydrogens is 328 g/mol. The number of carbonyl (C=O) groups excluding carboxylic acids is 1. The number of aryl methyl sites for hydroxylation is 2. The van der Waals surface area contributed by atoms with Crippen LogP contribution in [0.1, 0.15) is 31.2 Å². The van der Waals surface area contributed by atoms with Gasteiger partial charge in [-0.05, 0) is 38.0 Å². The van der Waals surface area contributed by atoms with Crippen molar-refractivity contribution in [2.75, 3.05) is 36.4 Å². The summed E-state index contributed by atoms with van der Waals surface area (Å²) in [5, 5.41) is 3.26. The smallest absolute Gasteiger partial charge is 0.222 e. The molecule has 0 atom stereocenters. The first-order valence-electron chi connectivity index (χ1n) is 9.13. The second-order valence-corrected chi connectivity index (χ2v) is 6.62. The number of aromatic nitrogens is 3. The van der Waals surface area contributed by atoms with Crippen LogP contribution in [0.2, 0.25) is 0 Å². The summed E-state index contributed by atoms with van der Waals surface area (Å²) in [7, 11) is 0. The van der Waals surface area contributed by atoms with Crippen LogP contribution in [0.3, 0.4) is 0 Å². The van der Waals surface area contributed by atoms with E-state index in [9.17, 15) is 4.79 Å². The van der Waals surface area contributed by atoms with Crippen LogP contribution in [0.25, 0.3) is 0 Å². The maximum Gasteiger partial charge on any atom is 0.222 e. The van der Waals surface area contributed by atoms with Gasteiger partial charge in [0.05, 0.1) is 0 Å². The Bertz CT molecular complexity index is 770. The molecule has 7 nitrogen and oxygen atoms in total. The van der Waals surface area contributed by atoms with E-state index in [1.807, 2.05) is 43.9 Å². The molecule has 3 rings (SSSR count). The first-order chi connectivity index (χ1) is 12.5. The van der Waals surface area contributed by atoms with Crippen LogP contribution < -0.4 is 10.2 Å². The van der Waals surface area contributed by atoms with Gasteiger partial charge in [-0.15, -0.1) is 0 Å². The highest BCUT2D eigenvalue weighted by Crippen LogP contribution is 2.20. The Balaban J connectivity index is 1.69. The number of nitrogens with one attached hydrogen (secondary N) is 1. The van der Waals surface area contributed by atoms with Crippen LogP contribution in [0.5, 0.6) is 0 Å². The van der Waals surface area contributed by atoms with Crippen LogP contribution in [0.4, 0.5) is 17.5 Å². The predicted molar refractivity (Wildman–Crippen MR) is 103 cm³/mol. The number of rotatable bonds is 5. The van der Waals surface area contributed by atoms with Gasteiger partial charge in [-0.2, -0.15) is 0 Å². The van der Waals surface area contributed by atoms with Gasteiger partial charge in [-0.1, -0.05) is 6.92 Å². The minimum atomic E-state index is 0.249. The van der Waals surface area contributed by atoms with Crippen LogP contribution in [-0.2, 0) is 4.79 Å². The summed E-state index contributed by atoms with van der Waals surface area (Å²) in [5.74, 6) is 3.34. The summed E-state index contributed by atoms with van der Waals surface area (Å²) in [6, 6.07) is 5.89. The van der Waals surface area contributed by atoms with Crippen molar-refractivity contribution in [3.05, 3.63) is 35.8 Å². The minimum absolute atomic E-state index is 0.249. The van der Waals surface area contributed by atoms with E-state index in [2.05, 4.69) is 25.2 Å². The fourth-order valence-corrected chi connectivity index (χ4v) is 3.07. The fourth-order valence-electron chi connectivity index (χ4n) is 3.07. The second kappa shape index (κ2) is 8.12. The molecular formula is C19H26N6O. The number of amides is 1. The van der Waals surface area contributed by atoms with Crippen molar-refractivity contribution in [3.63, 3.8) is 0 Å². The highest BCUT2D eigenvalue weighted by atomic mass is 16.2. The van der Waals surface area contributed by atoms with Gasteiger partial charge in [0.2, 0.25) is 5.91 Å². The van der Waals surface area contributed by atoms with Crippen LogP contribution in [0, 0.1) is 13.8 Å². The Morgan fingerprint density at radius 3 is 2.58 bits per heavy atom. The summed E-state index contributed by atoms with van der Waals surface area (Å²) in [6.45, 7) is 9.01. The van der Waals surface area contributed by atoms with Gasteiger partial charge < -0.3 is 15.1 Å².